The lowest BCUT2D eigenvalue weighted by Crippen LogP contribution is -2.39. The number of piperidine rings is 1. The third kappa shape index (κ3) is 3.35. The van der Waals surface area contributed by atoms with Crippen LogP contribution in [0.2, 0.25) is 0 Å². The van der Waals surface area contributed by atoms with Crippen LogP contribution in [0.1, 0.15) is 24.3 Å². The average Bonchev–Trinajstić information content (AvgIpc) is 2.62. The van der Waals surface area contributed by atoms with Crippen molar-refractivity contribution in [1.82, 2.24) is 14.3 Å². The van der Waals surface area contributed by atoms with Crippen molar-refractivity contribution in [2.45, 2.75) is 23.7 Å². The van der Waals surface area contributed by atoms with Gasteiger partial charge in [-0.25, -0.2) is 13.4 Å². The summed E-state index contributed by atoms with van der Waals surface area (Å²) < 4.78 is 27.1. The predicted octanol–water partition coefficient (Wildman–Crippen LogP) is 2.09. The Bertz CT molecular complexity index is 765. The molecule has 1 atom stereocenters. The van der Waals surface area contributed by atoms with Crippen molar-refractivity contribution in [2.75, 3.05) is 25.5 Å². The van der Waals surface area contributed by atoms with Gasteiger partial charge in [0.1, 0.15) is 10.7 Å². The Morgan fingerprint density at radius 2 is 2.17 bits per heavy atom. The molecule has 0 amide bonds. The van der Waals surface area contributed by atoms with E-state index in [4.69, 9.17) is 0 Å². The first-order valence-corrected chi connectivity index (χ1v) is 9.09. The number of sulfonamides is 1. The fraction of sp³-hybridized carbons (Fsp3) is 0.375. The van der Waals surface area contributed by atoms with E-state index in [0.29, 0.717) is 13.1 Å². The summed E-state index contributed by atoms with van der Waals surface area (Å²) in [5.74, 6) is 0.986. The highest BCUT2D eigenvalue weighted by atomic mass is 32.2. The molecule has 1 fully saturated rings. The summed E-state index contributed by atoms with van der Waals surface area (Å²) in [6.07, 6.45) is 6.57. The van der Waals surface area contributed by atoms with Gasteiger partial charge in [0, 0.05) is 38.7 Å². The number of pyridine rings is 2. The molecule has 2 aromatic heterocycles. The summed E-state index contributed by atoms with van der Waals surface area (Å²) in [6.45, 7) is 1.04. The van der Waals surface area contributed by atoms with Crippen molar-refractivity contribution in [1.29, 1.82) is 0 Å². The van der Waals surface area contributed by atoms with Gasteiger partial charge >= 0.3 is 0 Å². The van der Waals surface area contributed by atoms with Crippen LogP contribution in [0.4, 0.5) is 5.82 Å². The van der Waals surface area contributed by atoms with E-state index in [1.54, 1.807) is 28.8 Å². The van der Waals surface area contributed by atoms with Gasteiger partial charge in [0.25, 0.3) is 0 Å². The summed E-state index contributed by atoms with van der Waals surface area (Å²) in [7, 11) is -1.65. The standard InChI is InChI=1S/C16H20N4O2S/c1-17-16-10-13(6-8-19-16)14-4-3-9-20(12-14)23(21,22)15-5-2-7-18-11-15/h2,5-8,10-11,14H,3-4,9,12H2,1H3,(H,17,19)/t14-/m0/s1. The molecule has 0 unspecified atom stereocenters. The van der Waals surface area contributed by atoms with E-state index >= 15 is 0 Å². The van der Waals surface area contributed by atoms with E-state index in [1.165, 1.54) is 6.20 Å². The number of rotatable bonds is 4. The Hall–Kier alpha value is -1.99. The summed E-state index contributed by atoms with van der Waals surface area (Å²) >= 11 is 0. The molecule has 7 heteroatoms. The number of aromatic nitrogens is 2. The molecular formula is C16H20N4O2S. The second kappa shape index (κ2) is 6.64. The largest absolute Gasteiger partial charge is 0.373 e. The Kier molecular flexibility index (Phi) is 4.58. The van der Waals surface area contributed by atoms with Crippen molar-refractivity contribution in [2.24, 2.45) is 0 Å². The third-order valence-corrected chi connectivity index (χ3v) is 6.02. The van der Waals surface area contributed by atoms with Gasteiger partial charge in [-0.2, -0.15) is 4.31 Å². The highest BCUT2D eigenvalue weighted by Gasteiger charge is 2.31. The first-order chi connectivity index (χ1) is 11.1. The molecule has 0 saturated carbocycles. The lowest BCUT2D eigenvalue weighted by atomic mass is 9.92. The topological polar surface area (TPSA) is 75.2 Å². The van der Waals surface area contributed by atoms with Crippen molar-refractivity contribution < 1.29 is 8.42 Å². The zero-order valence-electron chi connectivity index (χ0n) is 13.0. The second-order valence-electron chi connectivity index (χ2n) is 5.62. The number of anilines is 1. The van der Waals surface area contributed by atoms with Gasteiger partial charge in [0.15, 0.2) is 0 Å². The van der Waals surface area contributed by atoms with E-state index in [9.17, 15) is 8.42 Å². The van der Waals surface area contributed by atoms with Crippen molar-refractivity contribution >= 4 is 15.8 Å². The third-order valence-electron chi connectivity index (χ3n) is 4.17. The van der Waals surface area contributed by atoms with Crippen LogP contribution in [0.3, 0.4) is 0 Å². The van der Waals surface area contributed by atoms with E-state index in [2.05, 4.69) is 15.3 Å². The van der Waals surface area contributed by atoms with Crippen LogP contribution in [0.5, 0.6) is 0 Å². The molecule has 1 aliphatic rings. The number of nitrogens with one attached hydrogen (secondary N) is 1. The molecule has 3 heterocycles. The van der Waals surface area contributed by atoms with Gasteiger partial charge in [-0.15, -0.1) is 0 Å². The molecule has 0 radical (unpaired) electrons. The Morgan fingerprint density at radius 1 is 1.30 bits per heavy atom. The Balaban J connectivity index is 1.83. The highest BCUT2D eigenvalue weighted by Crippen LogP contribution is 2.30. The van der Waals surface area contributed by atoms with Gasteiger partial charge in [0.2, 0.25) is 10.0 Å². The molecule has 0 spiro atoms. The predicted molar refractivity (Wildman–Crippen MR) is 88.8 cm³/mol. The molecule has 2 aromatic rings. The van der Waals surface area contributed by atoms with E-state index < -0.39 is 10.0 Å². The Morgan fingerprint density at radius 3 is 2.91 bits per heavy atom. The van der Waals surface area contributed by atoms with Crippen LogP contribution >= 0.6 is 0 Å². The van der Waals surface area contributed by atoms with Crippen molar-refractivity contribution in [3.05, 3.63) is 48.4 Å². The fourth-order valence-electron chi connectivity index (χ4n) is 2.92. The maximum atomic E-state index is 12.7. The SMILES string of the molecule is CNc1cc([C@H]2CCCN(S(=O)(=O)c3cccnc3)C2)ccn1. The highest BCUT2D eigenvalue weighted by molar-refractivity contribution is 7.89. The minimum atomic E-state index is -3.48. The summed E-state index contributed by atoms with van der Waals surface area (Å²) in [5.41, 5.74) is 1.12. The van der Waals surface area contributed by atoms with Gasteiger partial charge < -0.3 is 5.32 Å². The first kappa shape index (κ1) is 15.9. The van der Waals surface area contributed by atoms with Gasteiger partial charge in [-0.05, 0) is 48.6 Å². The molecule has 1 aliphatic heterocycles. The first-order valence-electron chi connectivity index (χ1n) is 7.65. The van der Waals surface area contributed by atoms with Gasteiger partial charge in [0.05, 0.1) is 0 Å². The summed E-state index contributed by atoms with van der Waals surface area (Å²) in [4.78, 5) is 8.40. The van der Waals surface area contributed by atoms with Crippen LogP contribution in [-0.4, -0.2) is 42.8 Å². The van der Waals surface area contributed by atoms with Crippen LogP contribution < -0.4 is 5.32 Å². The van der Waals surface area contributed by atoms with Gasteiger partial charge in [-0.3, -0.25) is 4.98 Å². The van der Waals surface area contributed by atoms with Crippen LogP contribution in [-0.2, 0) is 10.0 Å². The Labute approximate surface area is 136 Å². The monoisotopic (exact) mass is 332 g/mol. The van der Waals surface area contributed by atoms with Crippen LogP contribution in [0.25, 0.3) is 0 Å². The maximum absolute atomic E-state index is 12.7. The zero-order chi connectivity index (χ0) is 16.3. The van der Waals surface area contributed by atoms with Crippen molar-refractivity contribution in [3.63, 3.8) is 0 Å². The normalized spacial score (nSPS) is 19.4. The lowest BCUT2D eigenvalue weighted by molar-refractivity contribution is 0.315. The summed E-state index contributed by atoms with van der Waals surface area (Å²) in [6, 6.07) is 7.20. The molecule has 3 rings (SSSR count). The molecular weight excluding hydrogens is 312 g/mol. The zero-order valence-corrected chi connectivity index (χ0v) is 13.8. The van der Waals surface area contributed by atoms with Gasteiger partial charge in [-0.1, -0.05) is 0 Å². The molecule has 6 nitrogen and oxygen atoms in total. The minimum Gasteiger partial charge on any atom is -0.373 e. The fourth-order valence-corrected chi connectivity index (χ4v) is 4.41. The maximum Gasteiger partial charge on any atom is 0.244 e. The van der Waals surface area contributed by atoms with E-state index in [-0.39, 0.29) is 10.8 Å². The minimum absolute atomic E-state index is 0.185. The summed E-state index contributed by atoms with van der Waals surface area (Å²) in [5, 5.41) is 3.02. The van der Waals surface area contributed by atoms with Crippen LogP contribution in [0, 0.1) is 0 Å². The quantitative estimate of drug-likeness (QED) is 0.928. The van der Waals surface area contributed by atoms with Crippen LogP contribution in [0.15, 0.2) is 47.8 Å². The van der Waals surface area contributed by atoms with Crippen molar-refractivity contribution in [3.8, 4) is 0 Å². The molecule has 1 saturated heterocycles. The smallest absolute Gasteiger partial charge is 0.244 e. The molecule has 0 bridgehead atoms. The molecule has 122 valence electrons. The number of hydrogen-bond donors (Lipinski definition) is 1. The molecule has 0 aliphatic carbocycles. The van der Waals surface area contributed by atoms with E-state index in [0.717, 1.165) is 24.2 Å². The molecule has 0 aromatic carbocycles. The number of nitrogens with zero attached hydrogens (tertiary/aromatic N) is 3. The average molecular weight is 332 g/mol. The lowest BCUT2D eigenvalue weighted by Gasteiger charge is -2.32. The second-order valence-corrected chi connectivity index (χ2v) is 7.55. The molecule has 1 N–H and O–H groups in total. The van der Waals surface area contributed by atoms with E-state index in [1.807, 2.05) is 19.2 Å². The number of hydrogen-bond acceptors (Lipinski definition) is 5. The molecule has 23 heavy (non-hydrogen) atoms.